The highest BCUT2D eigenvalue weighted by molar-refractivity contribution is 6.32. The zero-order valence-corrected chi connectivity index (χ0v) is 18.3. The van der Waals surface area contributed by atoms with Crippen molar-refractivity contribution in [3.63, 3.8) is 0 Å². The Labute approximate surface area is 191 Å². The summed E-state index contributed by atoms with van der Waals surface area (Å²) in [7, 11) is 1.53. The minimum absolute atomic E-state index is 0.224. The number of amides is 2. The van der Waals surface area contributed by atoms with E-state index in [1.807, 2.05) is 25.1 Å². The van der Waals surface area contributed by atoms with Crippen molar-refractivity contribution in [3.8, 4) is 11.5 Å². The number of carbonyl (C=O) groups excluding carboxylic acids is 2. The van der Waals surface area contributed by atoms with Crippen molar-refractivity contribution < 1.29 is 19.1 Å². The van der Waals surface area contributed by atoms with E-state index >= 15 is 0 Å². The number of ether oxygens (including phenoxy) is 2. The lowest BCUT2D eigenvalue weighted by molar-refractivity contribution is -0.118. The molecule has 0 aliphatic rings. The molecule has 3 aromatic rings. The second-order valence-corrected chi connectivity index (χ2v) is 7.20. The molecule has 7 nitrogen and oxygen atoms in total. The van der Waals surface area contributed by atoms with Crippen LogP contribution in [0.3, 0.4) is 0 Å². The van der Waals surface area contributed by atoms with Crippen LogP contribution < -0.4 is 20.2 Å². The number of hydrogen-bond donors (Lipinski definition) is 2. The van der Waals surface area contributed by atoms with Crippen molar-refractivity contribution in [2.45, 2.75) is 6.92 Å². The van der Waals surface area contributed by atoms with E-state index in [9.17, 15) is 9.59 Å². The maximum atomic E-state index is 12.2. The average molecular weight is 452 g/mol. The Kier molecular flexibility index (Phi) is 7.83. The fourth-order valence-electron chi connectivity index (χ4n) is 2.73. The highest BCUT2D eigenvalue weighted by Crippen LogP contribution is 2.26. The molecule has 32 heavy (non-hydrogen) atoms. The molecule has 0 aliphatic carbocycles. The van der Waals surface area contributed by atoms with Gasteiger partial charge in [-0.15, -0.1) is 0 Å². The van der Waals surface area contributed by atoms with Gasteiger partial charge in [0.05, 0.1) is 24.0 Å². The van der Waals surface area contributed by atoms with Crippen molar-refractivity contribution in [2.75, 3.05) is 19.0 Å². The maximum Gasteiger partial charge on any atom is 0.271 e. The second-order valence-electron chi connectivity index (χ2n) is 6.79. The molecule has 3 rings (SSSR count). The van der Waals surface area contributed by atoms with Crippen LogP contribution in [0.15, 0.2) is 71.8 Å². The van der Waals surface area contributed by atoms with E-state index in [0.29, 0.717) is 33.3 Å². The zero-order chi connectivity index (χ0) is 22.9. The van der Waals surface area contributed by atoms with Crippen molar-refractivity contribution in [1.29, 1.82) is 0 Å². The molecule has 0 aliphatic heterocycles. The molecule has 0 spiro atoms. The summed E-state index contributed by atoms with van der Waals surface area (Å²) in [4.78, 5) is 24.2. The van der Waals surface area contributed by atoms with Crippen LogP contribution in [-0.2, 0) is 4.79 Å². The van der Waals surface area contributed by atoms with E-state index in [2.05, 4.69) is 15.8 Å². The summed E-state index contributed by atoms with van der Waals surface area (Å²) < 4.78 is 10.7. The molecule has 0 aromatic heterocycles. The number of rotatable bonds is 8. The summed E-state index contributed by atoms with van der Waals surface area (Å²) >= 11 is 6.25. The number of aryl methyl sites for hydroxylation is 1. The Morgan fingerprint density at radius 2 is 1.78 bits per heavy atom. The monoisotopic (exact) mass is 451 g/mol. The van der Waals surface area contributed by atoms with E-state index in [0.717, 1.165) is 5.56 Å². The molecule has 0 saturated heterocycles. The third-order valence-electron chi connectivity index (χ3n) is 4.39. The van der Waals surface area contributed by atoms with Crippen LogP contribution in [0, 0.1) is 6.92 Å². The summed E-state index contributed by atoms with van der Waals surface area (Å²) in [6.07, 6.45) is 1.47. The van der Waals surface area contributed by atoms with Crippen LogP contribution in [0.2, 0.25) is 5.02 Å². The number of anilines is 1. The van der Waals surface area contributed by atoms with Gasteiger partial charge in [-0.2, -0.15) is 5.10 Å². The predicted molar refractivity (Wildman–Crippen MR) is 125 cm³/mol. The van der Waals surface area contributed by atoms with Crippen LogP contribution in [0.5, 0.6) is 11.5 Å². The molecule has 2 N–H and O–H groups in total. The molecule has 0 unspecified atom stereocenters. The average Bonchev–Trinajstić information content (AvgIpc) is 2.79. The van der Waals surface area contributed by atoms with Crippen LogP contribution in [0.1, 0.15) is 21.5 Å². The number of benzene rings is 3. The summed E-state index contributed by atoms with van der Waals surface area (Å²) in [5.74, 6) is 0.239. The van der Waals surface area contributed by atoms with Crippen LogP contribution in [0.25, 0.3) is 0 Å². The topological polar surface area (TPSA) is 89.0 Å². The summed E-state index contributed by atoms with van der Waals surface area (Å²) in [5, 5.41) is 6.98. The largest absolute Gasteiger partial charge is 0.495 e. The van der Waals surface area contributed by atoms with Crippen LogP contribution in [-0.4, -0.2) is 31.7 Å². The quantitative estimate of drug-likeness (QED) is 0.391. The van der Waals surface area contributed by atoms with Crippen molar-refractivity contribution in [2.24, 2.45) is 5.10 Å². The first-order valence-corrected chi connectivity index (χ1v) is 10.1. The number of nitrogens with zero attached hydrogens (tertiary/aromatic N) is 1. The van der Waals surface area contributed by atoms with Crippen molar-refractivity contribution >= 4 is 35.3 Å². The third kappa shape index (κ3) is 6.33. The van der Waals surface area contributed by atoms with Crippen LogP contribution in [0.4, 0.5) is 5.69 Å². The first-order valence-electron chi connectivity index (χ1n) is 9.71. The highest BCUT2D eigenvalue weighted by atomic mass is 35.5. The molecule has 0 radical (unpaired) electrons. The highest BCUT2D eigenvalue weighted by Gasteiger charge is 2.10. The van der Waals surface area contributed by atoms with Gasteiger partial charge in [0.2, 0.25) is 0 Å². The smallest absolute Gasteiger partial charge is 0.271 e. The van der Waals surface area contributed by atoms with Crippen molar-refractivity contribution in [3.05, 3.63) is 88.4 Å². The lowest BCUT2D eigenvalue weighted by Gasteiger charge is -2.11. The Morgan fingerprint density at radius 3 is 2.50 bits per heavy atom. The SMILES string of the molecule is COc1ccccc1NC(=O)COc1ccc(/C=N/NC(=O)c2ccc(C)cc2)cc1Cl. The van der Waals surface area contributed by atoms with Gasteiger partial charge in [-0.1, -0.05) is 41.4 Å². The summed E-state index contributed by atoms with van der Waals surface area (Å²) in [6.45, 7) is 1.72. The van der Waals surface area contributed by atoms with Gasteiger partial charge < -0.3 is 14.8 Å². The third-order valence-corrected chi connectivity index (χ3v) is 4.68. The van der Waals surface area contributed by atoms with Gasteiger partial charge in [0.25, 0.3) is 11.8 Å². The van der Waals surface area contributed by atoms with Gasteiger partial charge in [-0.25, -0.2) is 5.43 Å². The van der Waals surface area contributed by atoms with Gasteiger partial charge in [0.15, 0.2) is 6.61 Å². The zero-order valence-electron chi connectivity index (χ0n) is 17.6. The molecule has 0 fully saturated rings. The first-order chi connectivity index (χ1) is 15.5. The minimum Gasteiger partial charge on any atom is -0.495 e. The van der Waals surface area contributed by atoms with E-state index in [1.54, 1.807) is 48.5 Å². The lowest BCUT2D eigenvalue weighted by Crippen LogP contribution is -2.20. The van der Waals surface area contributed by atoms with Crippen molar-refractivity contribution in [1.82, 2.24) is 5.43 Å². The van der Waals surface area contributed by atoms with Gasteiger partial charge in [0, 0.05) is 5.56 Å². The normalized spacial score (nSPS) is 10.6. The summed E-state index contributed by atoms with van der Waals surface area (Å²) in [6, 6.07) is 19.2. The number of carbonyl (C=O) groups is 2. The Hall–Kier alpha value is -3.84. The van der Waals surface area contributed by atoms with E-state index in [-0.39, 0.29) is 18.4 Å². The summed E-state index contributed by atoms with van der Waals surface area (Å²) in [5.41, 5.74) is 5.26. The predicted octanol–water partition coefficient (Wildman–Crippen LogP) is 4.44. The van der Waals surface area contributed by atoms with E-state index < -0.39 is 0 Å². The van der Waals surface area contributed by atoms with E-state index in [1.165, 1.54) is 13.3 Å². The standard InChI is InChI=1S/C24H22ClN3O4/c1-16-7-10-18(11-8-16)24(30)28-26-14-17-9-12-21(19(25)13-17)32-15-23(29)27-20-5-3-4-6-22(20)31-2/h3-14H,15H2,1-2H3,(H,27,29)(H,28,30)/b26-14+. The Balaban J connectivity index is 1.53. The number of hydrazone groups is 1. The molecule has 0 bridgehead atoms. The van der Waals surface area contributed by atoms with Gasteiger partial charge in [-0.3, -0.25) is 9.59 Å². The fraction of sp³-hybridized carbons (Fsp3) is 0.125. The van der Waals surface area contributed by atoms with Gasteiger partial charge >= 0.3 is 0 Å². The Morgan fingerprint density at radius 1 is 1.03 bits per heavy atom. The number of methoxy groups -OCH3 is 1. The fourth-order valence-corrected chi connectivity index (χ4v) is 2.97. The van der Waals surface area contributed by atoms with Crippen LogP contribution >= 0.6 is 11.6 Å². The molecular weight excluding hydrogens is 430 g/mol. The molecule has 164 valence electrons. The molecule has 0 atom stereocenters. The number of nitrogens with one attached hydrogen (secondary N) is 2. The van der Waals surface area contributed by atoms with Gasteiger partial charge in [-0.05, 0) is 55.0 Å². The minimum atomic E-state index is -0.352. The molecule has 0 saturated carbocycles. The number of hydrogen-bond acceptors (Lipinski definition) is 5. The molecule has 2 amide bonds. The lowest BCUT2D eigenvalue weighted by atomic mass is 10.1. The molecule has 8 heteroatoms. The Bertz CT molecular complexity index is 1130. The first kappa shape index (κ1) is 22.8. The van der Waals surface area contributed by atoms with Gasteiger partial charge in [0.1, 0.15) is 11.5 Å². The van der Waals surface area contributed by atoms with E-state index in [4.69, 9.17) is 21.1 Å². The second kappa shape index (κ2) is 11.0. The molecule has 3 aromatic carbocycles. The maximum absolute atomic E-state index is 12.2. The molecule has 0 heterocycles. The molecular formula is C24H22ClN3O4. The number of halogens is 1. The number of para-hydroxylation sites is 2.